The molecule has 2 atom stereocenters. The Morgan fingerprint density at radius 1 is 1.20 bits per heavy atom. The van der Waals surface area contributed by atoms with Gasteiger partial charge in [0.25, 0.3) is 5.89 Å². The summed E-state index contributed by atoms with van der Waals surface area (Å²) in [6.07, 6.45) is 1.43. The molecule has 0 bridgehead atoms. The summed E-state index contributed by atoms with van der Waals surface area (Å²) < 4.78 is 13.1. The molecule has 3 heterocycles. The number of hydrogen-bond donors (Lipinski definition) is 0. The lowest BCUT2D eigenvalue weighted by Gasteiger charge is -2.34. The molecule has 130 valence electrons. The van der Waals surface area contributed by atoms with E-state index in [9.17, 15) is 0 Å². The van der Waals surface area contributed by atoms with E-state index in [0.29, 0.717) is 24.8 Å². The van der Waals surface area contributed by atoms with Gasteiger partial charge in [-0.25, -0.2) is 9.67 Å². The number of para-hydroxylation sites is 1. The Kier molecular flexibility index (Phi) is 4.29. The highest BCUT2D eigenvalue weighted by Gasteiger charge is 2.31. The zero-order valence-corrected chi connectivity index (χ0v) is 14.2. The lowest BCUT2D eigenvalue weighted by molar-refractivity contribution is -0.0936. The van der Waals surface area contributed by atoms with Gasteiger partial charge in [0.15, 0.2) is 5.82 Å². The summed E-state index contributed by atoms with van der Waals surface area (Å²) in [6, 6.07) is 10.0. The van der Waals surface area contributed by atoms with E-state index in [1.54, 1.807) is 13.3 Å². The second-order valence-electron chi connectivity index (χ2n) is 6.23. The van der Waals surface area contributed by atoms with Crippen LogP contribution in [0.5, 0.6) is 0 Å². The minimum absolute atomic E-state index is 0.0686. The van der Waals surface area contributed by atoms with Crippen LogP contribution in [0, 0.1) is 6.92 Å². The molecule has 0 amide bonds. The minimum Gasteiger partial charge on any atom is -0.363 e. The third-order valence-electron chi connectivity index (χ3n) is 4.14. The summed E-state index contributed by atoms with van der Waals surface area (Å²) in [5.41, 5.74) is 1.00. The smallest absolute Gasteiger partial charge is 0.257 e. The normalized spacial score (nSPS) is 21.5. The zero-order chi connectivity index (χ0) is 17.2. The van der Waals surface area contributed by atoms with E-state index in [2.05, 4.69) is 25.1 Å². The number of aromatic nitrogens is 5. The second-order valence-corrected chi connectivity index (χ2v) is 6.23. The number of ether oxygens (including phenoxy) is 1. The molecule has 0 radical (unpaired) electrons. The van der Waals surface area contributed by atoms with Crippen LogP contribution in [0.1, 0.15) is 30.6 Å². The van der Waals surface area contributed by atoms with Crippen LogP contribution in [-0.2, 0) is 11.3 Å². The van der Waals surface area contributed by atoms with Crippen LogP contribution in [0.15, 0.2) is 41.2 Å². The van der Waals surface area contributed by atoms with Gasteiger partial charge in [0, 0.05) is 13.1 Å². The van der Waals surface area contributed by atoms with Gasteiger partial charge in [0.05, 0.1) is 18.3 Å². The van der Waals surface area contributed by atoms with Gasteiger partial charge in [-0.05, 0) is 26.0 Å². The van der Waals surface area contributed by atoms with E-state index in [-0.39, 0.29) is 12.2 Å². The van der Waals surface area contributed by atoms with Gasteiger partial charge in [-0.15, -0.1) is 0 Å². The second kappa shape index (κ2) is 6.73. The Labute approximate surface area is 145 Å². The minimum atomic E-state index is -0.224. The fraction of sp³-hybridized carbons (Fsp3) is 0.412. The van der Waals surface area contributed by atoms with Gasteiger partial charge in [-0.2, -0.15) is 10.1 Å². The van der Waals surface area contributed by atoms with Gasteiger partial charge in [0.2, 0.25) is 0 Å². The van der Waals surface area contributed by atoms with E-state index in [0.717, 1.165) is 18.1 Å². The van der Waals surface area contributed by atoms with E-state index < -0.39 is 0 Å². The van der Waals surface area contributed by atoms with Crippen LogP contribution in [-0.4, -0.2) is 49.0 Å². The lowest BCUT2D eigenvalue weighted by Crippen LogP contribution is -2.42. The van der Waals surface area contributed by atoms with Gasteiger partial charge < -0.3 is 9.26 Å². The van der Waals surface area contributed by atoms with Crippen molar-refractivity contribution < 1.29 is 9.26 Å². The zero-order valence-electron chi connectivity index (χ0n) is 14.2. The summed E-state index contributed by atoms with van der Waals surface area (Å²) in [6.45, 7) is 6.01. The largest absolute Gasteiger partial charge is 0.363 e. The van der Waals surface area contributed by atoms with Crippen molar-refractivity contribution in [1.82, 2.24) is 29.8 Å². The average Bonchev–Trinajstić information content (AvgIpc) is 3.24. The first-order valence-electron chi connectivity index (χ1n) is 8.31. The maximum atomic E-state index is 5.97. The molecular weight excluding hydrogens is 320 g/mol. The van der Waals surface area contributed by atoms with Crippen molar-refractivity contribution in [3.63, 3.8) is 0 Å². The highest BCUT2D eigenvalue weighted by molar-refractivity contribution is 5.30. The third kappa shape index (κ3) is 3.45. The topological polar surface area (TPSA) is 82.1 Å². The number of hydrogen-bond acceptors (Lipinski definition) is 7. The number of benzene rings is 1. The van der Waals surface area contributed by atoms with Crippen LogP contribution in [0.25, 0.3) is 5.69 Å². The van der Waals surface area contributed by atoms with E-state index in [4.69, 9.17) is 9.26 Å². The van der Waals surface area contributed by atoms with Crippen LogP contribution in [0.3, 0.4) is 0 Å². The molecule has 1 aliphatic heterocycles. The Morgan fingerprint density at radius 2 is 2.04 bits per heavy atom. The number of nitrogens with zero attached hydrogens (tertiary/aromatic N) is 6. The van der Waals surface area contributed by atoms with Gasteiger partial charge in [-0.1, -0.05) is 23.4 Å². The van der Waals surface area contributed by atoms with Crippen molar-refractivity contribution in [3.8, 4) is 5.69 Å². The molecule has 2 aromatic heterocycles. The lowest BCUT2D eigenvalue weighted by atomic mass is 10.2. The summed E-state index contributed by atoms with van der Waals surface area (Å²) in [5.74, 6) is 2.03. The van der Waals surface area contributed by atoms with Crippen molar-refractivity contribution in [1.29, 1.82) is 0 Å². The highest BCUT2D eigenvalue weighted by Crippen LogP contribution is 2.25. The predicted molar refractivity (Wildman–Crippen MR) is 89.0 cm³/mol. The molecule has 0 N–H and O–H groups in total. The van der Waals surface area contributed by atoms with Crippen molar-refractivity contribution in [2.24, 2.45) is 0 Å². The molecule has 25 heavy (non-hydrogen) atoms. The number of aryl methyl sites for hydroxylation is 1. The Bertz CT molecular complexity index is 831. The molecule has 3 aromatic rings. The molecule has 1 aromatic carbocycles. The van der Waals surface area contributed by atoms with Crippen LogP contribution in [0.4, 0.5) is 0 Å². The van der Waals surface area contributed by atoms with Crippen LogP contribution in [0.2, 0.25) is 0 Å². The first kappa shape index (κ1) is 15.9. The monoisotopic (exact) mass is 340 g/mol. The highest BCUT2D eigenvalue weighted by atomic mass is 16.5. The molecule has 0 saturated carbocycles. The molecule has 1 aliphatic rings. The fourth-order valence-corrected chi connectivity index (χ4v) is 3.11. The van der Waals surface area contributed by atoms with Crippen LogP contribution < -0.4 is 0 Å². The summed E-state index contributed by atoms with van der Waals surface area (Å²) in [5, 5.41) is 8.22. The Balaban J connectivity index is 1.52. The predicted octanol–water partition coefficient (Wildman–Crippen LogP) is 1.92. The van der Waals surface area contributed by atoms with Gasteiger partial charge in [-0.3, -0.25) is 4.90 Å². The molecule has 4 rings (SSSR count). The first-order valence-corrected chi connectivity index (χ1v) is 8.31. The van der Waals surface area contributed by atoms with Crippen molar-refractivity contribution in [3.05, 3.63) is 54.2 Å². The van der Waals surface area contributed by atoms with E-state index >= 15 is 0 Å². The molecule has 0 aliphatic carbocycles. The van der Waals surface area contributed by atoms with Gasteiger partial charge >= 0.3 is 0 Å². The Hall–Kier alpha value is -2.58. The molecule has 1 fully saturated rings. The third-order valence-corrected chi connectivity index (χ3v) is 4.14. The standard InChI is InChI=1S/C17H20N6O2/c1-12-8-22(9-15(24-12)17-20-13(2)21-25-17)10-16-18-11-19-23(16)14-6-4-3-5-7-14/h3-7,11-12,15H,8-10H2,1-2H3/t12-,15-/m1/s1. The summed E-state index contributed by atoms with van der Waals surface area (Å²) >= 11 is 0. The molecule has 8 nitrogen and oxygen atoms in total. The SMILES string of the molecule is Cc1noc([C@H]2CN(Cc3ncnn3-c3ccccc3)C[C@@H](C)O2)n1. The average molecular weight is 340 g/mol. The molecule has 0 unspecified atom stereocenters. The van der Waals surface area contributed by atoms with E-state index in [1.807, 2.05) is 41.9 Å². The maximum absolute atomic E-state index is 5.97. The molecule has 8 heteroatoms. The maximum Gasteiger partial charge on any atom is 0.257 e. The molecule has 0 spiro atoms. The summed E-state index contributed by atoms with van der Waals surface area (Å²) in [4.78, 5) is 11.0. The summed E-state index contributed by atoms with van der Waals surface area (Å²) in [7, 11) is 0. The quantitative estimate of drug-likeness (QED) is 0.717. The Morgan fingerprint density at radius 3 is 2.80 bits per heavy atom. The molecule has 1 saturated heterocycles. The van der Waals surface area contributed by atoms with Crippen LogP contribution >= 0.6 is 0 Å². The number of rotatable bonds is 4. The molecular formula is C17H20N6O2. The van der Waals surface area contributed by atoms with E-state index in [1.165, 1.54) is 0 Å². The van der Waals surface area contributed by atoms with Crippen molar-refractivity contribution in [2.75, 3.05) is 13.1 Å². The number of morpholine rings is 1. The van der Waals surface area contributed by atoms with Gasteiger partial charge in [0.1, 0.15) is 18.3 Å². The van der Waals surface area contributed by atoms with Crippen molar-refractivity contribution in [2.45, 2.75) is 32.6 Å². The first-order chi connectivity index (χ1) is 12.2. The fourth-order valence-electron chi connectivity index (χ4n) is 3.11. The van der Waals surface area contributed by atoms with Crippen molar-refractivity contribution >= 4 is 0 Å².